The van der Waals surface area contributed by atoms with Crippen molar-refractivity contribution in [1.29, 1.82) is 0 Å². The molecule has 1 aliphatic rings. The maximum Gasteiger partial charge on any atom is 0.411 e. The largest absolute Gasteiger partial charge is 0.486 e. The number of carbonyl (C=O) groups is 2. The van der Waals surface area contributed by atoms with Gasteiger partial charge in [0.1, 0.15) is 19.8 Å². The lowest BCUT2D eigenvalue weighted by Gasteiger charge is -2.20. The van der Waals surface area contributed by atoms with Crippen LogP contribution >= 0.6 is 0 Å². The van der Waals surface area contributed by atoms with Gasteiger partial charge in [0, 0.05) is 12.1 Å². The molecule has 7 heteroatoms. The van der Waals surface area contributed by atoms with Gasteiger partial charge in [-0.2, -0.15) is 0 Å². The van der Waals surface area contributed by atoms with E-state index in [2.05, 4.69) is 11.9 Å². The Morgan fingerprint density at radius 2 is 2.00 bits per heavy atom. The number of fused-ring (bicyclic) bond motifs is 1. The highest BCUT2D eigenvalue weighted by Gasteiger charge is 2.20. The zero-order valence-electron chi connectivity index (χ0n) is 10.5. The van der Waals surface area contributed by atoms with Crippen LogP contribution < -0.4 is 14.8 Å². The molecule has 0 aliphatic carbocycles. The predicted molar refractivity (Wildman–Crippen MR) is 69.6 cm³/mol. The van der Waals surface area contributed by atoms with Crippen LogP contribution in [0.4, 0.5) is 10.5 Å². The Hall–Kier alpha value is -2.70. The first kappa shape index (κ1) is 13.7. The molecule has 2 rings (SSSR count). The zero-order chi connectivity index (χ0) is 14.5. The second kappa shape index (κ2) is 5.96. The van der Waals surface area contributed by atoms with Gasteiger partial charge >= 0.3 is 12.1 Å². The van der Waals surface area contributed by atoms with E-state index in [1.165, 1.54) is 18.2 Å². The van der Waals surface area contributed by atoms with Gasteiger partial charge < -0.3 is 19.3 Å². The SMILES string of the molecule is C=CCOC(=O)Nc1cc2c(cc1C(=O)O)OCCO2. The first-order valence-corrected chi connectivity index (χ1v) is 5.83. The number of carboxylic acid groups (broad SMARTS) is 1. The fourth-order valence-electron chi connectivity index (χ4n) is 1.65. The molecule has 0 fully saturated rings. The molecule has 0 unspecified atom stereocenters. The Morgan fingerprint density at radius 1 is 1.35 bits per heavy atom. The van der Waals surface area contributed by atoms with Crippen molar-refractivity contribution >= 4 is 17.7 Å². The van der Waals surface area contributed by atoms with Crippen molar-refractivity contribution in [3.05, 3.63) is 30.4 Å². The molecule has 2 N–H and O–H groups in total. The van der Waals surface area contributed by atoms with Gasteiger partial charge in [0.15, 0.2) is 11.5 Å². The topological polar surface area (TPSA) is 94.1 Å². The van der Waals surface area contributed by atoms with Gasteiger partial charge in [-0.05, 0) is 0 Å². The highest BCUT2D eigenvalue weighted by atomic mass is 16.6. The summed E-state index contributed by atoms with van der Waals surface area (Å²) < 4.78 is 15.4. The number of hydrogen-bond donors (Lipinski definition) is 2. The normalized spacial score (nSPS) is 12.4. The van der Waals surface area contributed by atoms with Gasteiger partial charge in [0.2, 0.25) is 0 Å². The van der Waals surface area contributed by atoms with Gasteiger partial charge in [-0.25, -0.2) is 9.59 Å². The number of ether oxygens (including phenoxy) is 3. The van der Waals surface area contributed by atoms with Crippen LogP contribution in [0, 0.1) is 0 Å². The van der Waals surface area contributed by atoms with Crippen molar-refractivity contribution in [2.75, 3.05) is 25.1 Å². The first-order chi connectivity index (χ1) is 9.61. The van der Waals surface area contributed by atoms with E-state index in [0.717, 1.165) is 0 Å². The van der Waals surface area contributed by atoms with Crippen molar-refractivity contribution in [2.24, 2.45) is 0 Å². The van der Waals surface area contributed by atoms with Crippen LogP contribution in [0.3, 0.4) is 0 Å². The average molecular weight is 279 g/mol. The summed E-state index contributed by atoms with van der Waals surface area (Å²) in [4.78, 5) is 22.7. The van der Waals surface area contributed by atoms with Gasteiger partial charge in [0.25, 0.3) is 0 Å². The Bertz CT molecular complexity index is 554. The van der Waals surface area contributed by atoms with E-state index in [9.17, 15) is 9.59 Å². The molecule has 0 spiro atoms. The Labute approximate surface area is 114 Å². The molecule has 0 saturated heterocycles. The van der Waals surface area contributed by atoms with Crippen LogP contribution in [-0.2, 0) is 4.74 Å². The number of aromatic carboxylic acids is 1. The van der Waals surface area contributed by atoms with Gasteiger partial charge in [0.05, 0.1) is 11.3 Å². The predicted octanol–water partition coefficient (Wildman–Crippen LogP) is 1.89. The van der Waals surface area contributed by atoms with E-state index in [1.807, 2.05) is 0 Å². The number of carboxylic acids is 1. The fourth-order valence-corrected chi connectivity index (χ4v) is 1.65. The summed E-state index contributed by atoms with van der Waals surface area (Å²) in [6, 6.07) is 2.70. The van der Waals surface area contributed by atoms with E-state index >= 15 is 0 Å². The number of amides is 1. The van der Waals surface area contributed by atoms with E-state index in [1.54, 1.807) is 0 Å². The number of benzene rings is 1. The van der Waals surface area contributed by atoms with Crippen LogP contribution in [0.1, 0.15) is 10.4 Å². The number of hydrogen-bond acceptors (Lipinski definition) is 5. The molecular formula is C13H13NO6. The molecule has 0 bridgehead atoms. The fraction of sp³-hybridized carbons (Fsp3) is 0.231. The minimum Gasteiger partial charge on any atom is -0.486 e. The van der Waals surface area contributed by atoms with Crippen LogP contribution in [0.5, 0.6) is 11.5 Å². The third-order valence-corrected chi connectivity index (χ3v) is 2.48. The third kappa shape index (κ3) is 3.00. The molecule has 1 heterocycles. The Balaban J connectivity index is 2.27. The van der Waals surface area contributed by atoms with E-state index in [0.29, 0.717) is 24.7 Å². The number of carbonyl (C=O) groups excluding carboxylic acids is 1. The summed E-state index contributed by atoms with van der Waals surface area (Å²) >= 11 is 0. The number of rotatable bonds is 4. The summed E-state index contributed by atoms with van der Waals surface area (Å²) in [6.45, 7) is 4.14. The lowest BCUT2D eigenvalue weighted by molar-refractivity contribution is 0.0697. The van der Waals surface area contributed by atoms with Crippen molar-refractivity contribution < 1.29 is 28.9 Å². The molecule has 0 aromatic heterocycles. The first-order valence-electron chi connectivity index (χ1n) is 5.83. The molecule has 0 atom stereocenters. The lowest BCUT2D eigenvalue weighted by atomic mass is 10.1. The molecule has 0 saturated carbocycles. The zero-order valence-corrected chi connectivity index (χ0v) is 10.5. The van der Waals surface area contributed by atoms with Crippen molar-refractivity contribution in [3.8, 4) is 11.5 Å². The monoisotopic (exact) mass is 279 g/mol. The van der Waals surface area contributed by atoms with E-state index < -0.39 is 12.1 Å². The number of nitrogens with one attached hydrogen (secondary N) is 1. The molecule has 1 aromatic carbocycles. The summed E-state index contributed by atoms with van der Waals surface area (Å²) in [5, 5.41) is 11.5. The standard InChI is InChI=1S/C13H13NO6/c1-2-3-20-13(17)14-9-7-11-10(18-4-5-19-11)6-8(9)12(15)16/h2,6-7H,1,3-5H2,(H,14,17)(H,15,16). The minimum absolute atomic E-state index is 0.0266. The number of anilines is 1. The van der Waals surface area contributed by atoms with E-state index in [4.69, 9.17) is 19.3 Å². The smallest absolute Gasteiger partial charge is 0.411 e. The second-order valence-corrected chi connectivity index (χ2v) is 3.86. The van der Waals surface area contributed by atoms with Crippen LogP contribution in [0.2, 0.25) is 0 Å². The molecule has 20 heavy (non-hydrogen) atoms. The van der Waals surface area contributed by atoms with Crippen molar-refractivity contribution in [2.45, 2.75) is 0 Å². The molecular weight excluding hydrogens is 266 g/mol. The highest BCUT2D eigenvalue weighted by Crippen LogP contribution is 2.35. The Morgan fingerprint density at radius 3 is 2.60 bits per heavy atom. The lowest BCUT2D eigenvalue weighted by Crippen LogP contribution is -2.19. The second-order valence-electron chi connectivity index (χ2n) is 3.86. The van der Waals surface area contributed by atoms with Crippen LogP contribution in [-0.4, -0.2) is 37.0 Å². The van der Waals surface area contributed by atoms with E-state index in [-0.39, 0.29) is 17.9 Å². The third-order valence-electron chi connectivity index (χ3n) is 2.48. The van der Waals surface area contributed by atoms with Crippen LogP contribution in [0.15, 0.2) is 24.8 Å². The summed E-state index contributed by atoms with van der Waals surface area (Å²) in [6.07, 6.45) is 0.630. The molecule has 106 valence electrons. The molecule has 0 radical (unpaired) electrons. The average Bonchev–Trinajstić information content (AvgIpc) is 2.44. The van der Waals surface area contributed by atoms with Gasteiger partial charge in [-0.3, -0.25) is 5.32 Å². The van der Waals surface area contributed by atoms with Gasteiger partial charge in [-0.1, -0.05) is 12.7 Å². The molecule has 1 aliphatic heterocycles. The molecule has 7 nitrogen and oxygen atoms in total. The van der Waals surface area contributed by atoms with Crippen molar-refractivity contribution in [1.82, 2.24) is 0 Å². The molecule has 1 amide bonds. The maximum absolute atomic E-state index is 11.5. The minimum atomic E-state index is -1.19. The van der Waals surface area contributed by atoms with Gasteiger partial charge in [-0.15, -0.1) is 0 Å². The summed E-state index contributed by atoms with van der Waals surface area (Å²) in [5.74, 6) is -0.486. The molecule has 1 aromatic rings. The summed E-state index contributed by atoms with van der Waals surface area (Å²) in [7, 11) is 0. The maximum atomic E-state index is 11.5. The van der Waals surface area contributed by atoms with Crippen LogP contribution in [0.25, 0.3) is 0 Å². The quantitative estimate of drug-likeness (QED) is 0.817. The Kier molecular flexibility index (Phi) is 4.09. The van der Waals surface area contributed by atoms with Crippen molar-refractivity contribution in [3.63, 3.8) is 0 Å². The summed E-state index contributed by atoms with van der Waals surface area (Å²) in [5.41, 5.74) is -0.0272. The highest BCUT2D eigenvalue weighted by molar-refractivity contribution is 5.99.